The van der Waals surface area contributed by atoms with Gasteiger partial charge in [-0.15, -0.1) is 0 Å². The number of carbonyl (C=O) groups is 1. The molecule has 89 heavy (non-hydrogen) atoms. The number of esters is 1. The molecule has 0 spiro atoms. The molecule has 4 saturated carbocycles. The summed E-state index contributed by atoms with van der Waals surface area (Å²) in [5.74, 6) is 2.56. The molecule has 4 aromatic carbocycles. The Morgan fingerprint density at radius 1 is 0.573 bits per heavy atom. The lowest BCUT2D eigenvalue weighted by Crippen LogP contribution is -2.27. The zero-order valence-corrected chi connectivity index (χ0v) is 54.9. The third kappa shape index (κ3) is 24.3. The van der Waals surface area contributed by atoms with Crippen LogP contribution in [0, 0.1) is 37.5 Å². The zero-order valence-electron chi connectivity index (χ0n) is 51.1. The number of nitrogens with zero attached hydrogens (tertiary/aromatic N) is 2. The van der Waals surface area contributed by atoms with Gasteiger partial charge in [-0.1, -0.05) is 84.5 Å². The summed E-state index contributed by atoms with van der Waals surface area (Å²) in [6, 6.07) is 19.4. The van der Waals surface area contributed by atoms with Gasteiger partial charge in [-0.3, -0.25) is 4.72 Å². The summed E-state index contributed by atoms with van der Waals surface area (Å²) < 4.78 is 120. The Balaban J connectivity index is 0.000000240. The molecule has 0 aliphatic heterocycles. The van der Waals surface area contributed by atoms with Gasteiger partial charge in [0.15, 0.2) is 47.8 Å². The minimum absolute atomic E-state index is 0.0418. The highest BCUT2D eigenvalue weighted by atomic mass is 35.5. The molecule has 24 heteroatoms. The van der Waals surface area contributed by atoms with Crippen molar-refractivity contribution in [3.05, 3.63) is 157 Å². The topological polar surface area (TPSA) is 176 Å². The molecule has 4 fully saturated rings. The number of rotatable bonds is 26. The van der Waals surface area contributed by atoms with Gasteiger partial charge in [-0.2, -0.15) is 17.6 Å². The second kappa shape index (κ2) is 34.4. The van der Waals surface area contributed by atoms with Crippen LogP contribution in [0.5, 0.6) is 34.5 Å². The minimum Gasteiger partial charge on any atom is -0.493 e. The molecule has 2 aromatic heterocycles. The average molecular weight is 1340 g/mol. The number of aryl methyl sites for hydroxylation is 4. The Kier molecular flexibility index (Phi) is 27.9. The maximum absolute atomic E-state index is 13.6. The third-order valence-electron chi connectivity index (χ3n) is 14.1. The smallest absolute Gasteiger partial charge is 0.387 e. The van der Waals surface area contributed by atoms with E-state index >= 15 is 0 Å². The summed E-state index contributed by atoms with van der Waals surface area (Å²) in [5.41, 5.74) is 4.85. The summed E-state index contributed by atoms with van der Waals surface area (Å²) in [6.07, 6.45) is 14.8. The van der Waals surface area contributed by atoms with Gasteiger partial charge in [0, 0.05) is 31.1 Å². The second-order valence-corrected chi connectivity index (χ2v) is 25.4. The van der Waals surface area contributed by atoms with Crippen molar-refractivity contribution in [3.63, 3.8) is 0 Å². The average Bonchev–Trinajstić information content (AvgIpc) is 2.22. The molecule has 0 unspecified atom stereocenters. The highest BCUT2D eigenvalue weighted by Gasteiger charge is 2.30. The SMILES string of the molecule is CC.CO.C[n+]1cc(Cl)c(C[C@H](O)c2ccc(OC(F)F)c(OCC3CC3)c2)c(Cl)c1.C[n+]1cc(Cl)c(C[C@H](OC(=O)c2ccc(NS(C)(=O)=O)c(OCC3CC3)c2)c2ccc(OC(F)F)c(OCC3CC3)c2)c(Cl)c1.Cc1ccc(C)c(OCC2CC2)c1. The van der Waals surface area contributed by atoms with Crippen molar-refractivity contribution < 1.29 is 83.3 Å². The predicted molar refractivity (Wildman–Crippen MR) is 335 cm³/mol. The van der Waals surface area contributed by atoms with Gasteiger partial charge in [-0.25, -0.2) is 22.3 Å². The van der Waals surface area contributed by atoms with E-state index in [4.69, 9.17) is 75.2 Å². The number of pyridine rings is 2. The number of hydrogen-bond acceptors (Lipinski definition) is 12. The van der Waals surface area contributed by atoms with Gasteiger partial charge in [0.25, 0.3) is 0 Å². The van der Waals surface area contributed by atoms with Crippen LogP contribution in [0.2, 0.25) is 20.1 Å². The van der Waals surface area contributed by atoms with Crippen LogP contribution in [-0.4, -0.2) is 77.6 Å². The lowest BCUT2D eigenvalue weighted by Gasteiger charge is -2.22. The fourth-order valence-corrected chi connectivity index (χ4v) is 10.6. The quantitative estimate of drug-likeness (QED) is 0.0267. The molecular formula is C65H79Cl4F4N3O12S+2. The fourth-order valence-electron chi connectivity index (χ4n) is 8.59. The molecule has 2 atom stereocenters. The number of aliphatic hydroxyl groups is 2. The maximum atomic E-state index is 13.6. The van der Waals surface area contributed by atoms with Crippen LogP contribution in [0.1, 0.15) is 121 Å². The molecule has 4 aliphatic rings. The lowest BCUT2D eigenvalue weighted by molar-refractivity contribution is -0.671. The third-order valence-corrected chi connectivity index (χ3v) is 16.0. The zero-order chi connectivity index (χ0) is 65.1. The molecule has 0 bridgehead atoms. The number of carbonyl (C=O) groups excluding carboxylic acids is 1. The van der Waals surface area contributed by atoms with E-state index in [1.54, 1.807) is 48.0 Å². The number of halogens is 8. The number of ether oxygens (including phenoxy) is 7. The van der Waals surface area contributed by atoms with Gasteiger partial charge in [-0.05, 0) is 160 Å². The fraction of sp³-hybridized carbons (Fsp3) is 0.462. The van der Waals surface area contributed by atoms with Gasteiger partial charge >= 0.3 is 19.2 Å². The molecule has 6 aromatic rings. The van der Waals surface area contributed by atoms with E-state index in [2.05, 4.69) is 46.2 Å². The normalized spacial score (nSPS) is 14.8. The Labute approximate surface area is 539 Å². The van der Waals surface area contributed by atoms with Crippen molar-refractivity contribution in [2.75, 3.05) is 44.5 Å². The van der Waals surface area contributed by atoms with E-state index < -0.39 is 41.4 Å². The van der Waals surface area contributed by atoms with E-state index in [9.17, 15) is 35.9 Å². The van der Waals surface area contributed by atoms with Gasteiger partial charge in [0.1, 0.15) is 51.8 Å². The summed E-state index contributed by atoms with van der Waals surface area (Å²) in [5, 5.41) is 19.2. The molecule has 2 heterocycles. The largest absolute Gasteiger partial charge is 0.493 e. The van der Waals surface area contributed by atoms with Crippen LogP contribution < -0.4 is 42.3 Å². The molecule has 10 rings (SSSR count). The van der Waals surface area contributed by atoms with E-state index in [1.165, 1.54) is 78.6 Å². The van der Waals surface area contributed by atoms with Crippen LogP contribution >= 0.6 is 46.4 Å². The van der Waals surface area contributed by atoms with Crippen molar-refractivity contribution in [2.24, 2.45) is 37.8 Å². The number of benzene rings is 4. The molecule has 0 amide bonds. The van der Waals surface area contributed by atoms with Crippen LogP contribution in [-0.2, 0) is 41.7 Å². The highest BCUT2D eigenvalue weighted by Crippen LogP contribution is 2.41. The first kappa shape index (κ1) is 72.1. The van der Waals surface area contributed by atoms with Gasteiger partial charge < -0.3 is 43.4 Å². The molecule has 486 valence electrons. The van der Waals surface area contributed by atoms with Crippen molar-refractivity contribution in [1.29, 1.82) is 0 Å². The van der Waals surface area contributed by atoms with E-state index in [0.717, 1.165) is 70.2 Å². The first-order valence-corrected chi connectivity index (χ1v) is 32.7. The highest BCUT2D eigenvalue weighted by molar-refractivity contribution is 7.92. The van der Waals surface area contributed by atoms with Gasteiger partial charge in [0.2, 0.25) is 10.0 Å². The monoisotopic (exact) mass is 1340 g/mol. The molecule has 3 N–H and O–H groups in total. The second-order valence-electron chi connectivity index (χ2n) is 22.1. The summed E-state index contributed by atoms with van der Waals surface area (Å²) >= 11 is 25.5. The summed E-state index contributed by atoms with van der Waals surface area (Å²) in [4.78, 5) is 13.6. The van der Waals surface area contributed by atoms with Crippen molar-refractivity contribution in [3.8, 4) is 34.5 Å². The lowest BCUT2D eigenvalue weighted by atomic mass is 10.0. The standard InChI is InChI=1S/C31H32Cl2F2N2O7S.C19H20Cl2F2NO3.C12H16O.C2H6.CH4O/c1-37-14-23(32)22(24(33)15-37)13-27(20-8-10-26(44-31(34)35)29(11-20)42-17-19-5-6-19)43-30(38)21-7-9-25(36-45(2,39)40)28(12-21)41-16-18-3-4-18;1-24-8-14(20)13(15(21)9-24)7-16(25)12-4-5-17(27-19(22)23)18(6-12)26-10-11-2-3-11;1-9-3-4-10(2)12(7-9)13-8-11-5-6-11;2*1-2/h7-12,14-15,18-19,27,31H,3-6,13,16-17H2,1-2H3;4-6,8-9,11,16,19,25H,2-3,7,10H2,1H3;3-4,7,11H,5-6,8H2,1-2H3;1-2H3;2H,1H3/q;+1;;;/p+1/t27-;16-;;;/m00.../s1. The van der Waals surface area contributed by atoms with Crippen molar-refractivity contribution in [2.45, 2.75) is 117 Å². The summed E-state index contributed by atoms with van der Waals surface area (Å²) in [7, 11) is 0.934. The number of aliphatic hydroxyl groups excluding tert-OH is 2. The number of sulfonamides is 1. The molecule has 15 nitrogen and oxygen atoms in total. The Bertz CT molecular complexity index is 3370. The maximum Gasteiger partial charge on any atom is 0.387 e. The van der Waals surface area contributed by atoms with Crippen LogP contribution in [0.4, 0.5) is 23.2 Å². The Hall–Kier alpha value is -6.00. The number of anilines is 1. The van der Waals surface area contributed by atoms with Crippen molar-refractivity contribution >= 4 is 68.1 Å². The molecule has 0 saturated heterocycles. The van der Waals surface area contributed by atoms with Crippen LogP contribution in [0.25, 0.3) is 0 Å². The first-order valence-electron chi connectivity index (χ1n) is 29.3. The van der Waals surface area contributed by atoms with Crippen LogP contribution in [0.3, 0.4) is 0 Å². The van der Waals surface area contributed by atoms with Crippen molar-refractivity contribution in [1.82, 2.24) is 0 Å². The molecule has 0 radical (unpaired) electrons. The predicted octanol–water partition coefficient (Wildman–Crippen LogP) is 14.7. The minimum atomic E-state index is -3.62. The summed E-state index contributed by atoms with van der Waals surface area (Å²) in [6.45, 7) is 4.23. The Morgan fingerprint density at radius 3 is 1.43 bits per heavy atom. The molecular weight excluding hydrogens is 1260 g/mol. The Morgan fingerprint density at radius 2 is 0.989 bits per heavy atom. The first-order chi connectivity index (χ1) is 42.4. The number of hydrogen-bond donors (Lipinski definition) is 3. The number of nitrogens with one attached hydrogen (secondary N) is 1. The van der Waals surface area contributed by atoms with Crippen LogP contribution in [0.15, 0.2) is 97.6 Å². The van der Waals surface area contributed by atoms with Gasteiger partial charge in [0.05, 0.1) is 50.0 Å². The van der Waals surface area contributed by atoms with E-state index in [-0.39, 0.29) is 52.8 Å². The van der Waals surface area contributed by atoms with E-state index in [1.807, 2.05) is 13.8 Å². The number of aromatic nitrogens is 2. The molecule has 4 aliphatic carbocycles. The number of alkyl halides is 4. The van der Waals surface area contributed by atoms with E-state index in [0.29, 0.717) is 79.9 Å².